The summed E-state index contributed by atoms with van der Waals surface area (Å²) in [4.78, 5) is 12.5. The van der Waals surface area contributed by atoms with Crippen LogP contribution in [0.5, 0.6) is 0 Å². The second kappa shape index (κ2) is 5.50. The van der Waals surface area contributed by atoms with Crippen LogP contribution in [0.4, 0.5) is 0 Å². The first-order valence-electron chi connectivity index (χ1n) is 7.33. The molecule has 110 valence electrons. The average Bonchev–Trinajstić information content (AvgIpc) is 3.06. The van der Waals surface area contributed by atoms with E-state index in [9.17, 15) is 4.79 Å². The van der Waals surface area contributed by atoms with Gasteiger partial charge in [0.2, 0.25) is 0 Å². The van der Waals surface area contributed by atoms with Gasteiger partial charge in [-0.25, -0.2) is 4.68 Å². The van der Waals surface area contributed by atoms with E-state index < -0.39 is 0 Å². The number of fused-ring (bicyclic) bond motifs is 1. The van der Waals surface area contributed by atoms with E-state index in [-0.39, 0.29) is 5.78 Å². The number of ketones is 1. The van der Waals surface area contributed by atoms with Gasteiger partial charge in [0, 0.05) is 11.1 Å². The van der Waals surface area contributed by atoms with Gasteiger partial charge in [-0.15, -0.1) is 5.10 Å². The SMILES string of the molecule is O=C(c1ccccc1)c1ccc2c(c1)nnn2-c1ccccc1. The summed E-state index contributed by atoms with van der Waals surface area (Å²) in [6.07, 6.45) is 0. The molecule has 0 saturated carbocycles. The van der Waals surface area contributed by atoms with Crippen molar-refractivity contribution in [1.29, 1.82) is 0 Å². The van der Waals surface area contributed by atoms with E-state index in [1.807, 2.05) is 72.8 Å². The number of carbonyl (C=O) groups is 1. The zero-order valence-electron chi connectivity index (χ0n) is 12.3. The predicted octanol–water partition coefficient (Wildman–Crippen LogP) is 3.65. The Bertz CT molecular complexity index is 975. The molecule has 0 aliphatic rings. The molecule has 1 aromatic heterocycles. The molecule has 0 amide bonds. The zero-order chi connectivity index (χ0) is 15.6. The fourth-order valence-corrected chi connectivity index (χ4v) is 2.58. The molecule has 0 fully saturated rings. The van der Waals surface area contributed by atoms with Crippen LogP contribution in [0.15, 0.2) is 78.9 Å². The lowest BCUT2D eigenvalue weighted by Gasteiger charge is -2.03. The number of aromatic nitrogens is 3. The summed E-state index contributed by atoms with van der Waals surface area (Å²) in [7, 11) is 0. The lowest BCUT2D eigenvalue weighted by atomic mass is 10.0. The molecule has 4 rings (SSSR count). The molecule has 0 unspecified atom stereocenters. The van der Waals surface area contributed by atoms with Gasteiger partial charge in [0.25, 0.3) is 0 Å². The molecule has 0 aliphatic heterocycles. The summed E-state index contributed by atoms with van der Waals surface area (Å²) >= 11 is 0. The normalized spacial score (nSPS) is 10.8. The average molecular weight is 299 g/mol. The first-order valence-corrected chi connectivity index (χ1v) is 7.33. The Balaban J connectivity index is 1.77. The Morgan fingerprint density at radius 3 is 2.22 bits per heavy atom. The molecular formula is C19H13N3O. The van der Waals surface area contributed by atoms with Gasteiger partial charge < -0.3 is 0 Å². The molecule has 0 aliphatic carbocycles. The third-order valence-electron chi connectivity index (χ3n) is 3.74. The molecule has 0 N–H and O–H groups in total. The number of hydrogen-bond acceptors (Lipinski definition) is 3. The van der Waals surface area contributed by atoms with Crippen molar-refractivity contribution in [3.8, 4) is 5.69 Å². The van der Waals surface area contributed by atoms with Crippen molar-refractivity contribution in [2.45, 2.75) is 0 Å². The van der Waals surface area contributed by atoms with Crippen molar-refractivity contribution >= 4 is 16.8 Å². The van der Waals surface area contributed by atoms with E-state index >= 15 is 0 Å². The Morgan fingerprint density at radius 2 is 1.48 bits per heavy atom. The second-order valence-corrected chi connectivity index (χ2v) is 5.24. The van der Waals surface area contributed by atoms with Crippen LogP contribution in [0.25, 0.3) is 16.7 Å². The first-order chi connectivity index (χ1) is 11.3. The summed E-state index contributed by atoms with van der Waals surface area (Å²) in [5, 5.41) is 8.39. The van der Waals surface area contributed by atoms with Gasteiger partial charge >= 0.3 is 0 Å². The molecular weight excluding hydrogens is 286 g/mol. The third-order valence-corrected chi connectivity index (χ3v) is 3.74. The van der Waals surface area contributed by atoms with Crippen LogP contribution in [0.3, 0.4) is 0 Å². The molecule has 3 aromatic carbocycles. The van der Waals surface area contributed by atoms with Crippen LogP contribution in [0, 0.1) is 0 Å². The largest absolute Gasteiger partial charge is 0.289 e. The van der Waals surface area contributed by atoms with Crippen LogP contribution in [-0.4, -0.2) is 20.8 Å². The highest BCUT2D eigenvalue weighted by Crippen LogP contribution is 2.19. The summed E-state index contributed by atoms with van der Waals surface area (Å²) in [6.45, 7) is 0. The molecule has 4 aromatic rings. The molecule has 0 spiro atoms. The van der Waals surface area contributed by atoms with E-state index in [2.05, 4.69) is 10.3 Å². The van der Waals surface area contributed by atoms with E-state index in [1.165, 1.54) is 0 Å². The van der Waals surface area contributed by atoms with Crippen molar-refractivity contribution in [2.24, 2.45) is 0 Å². The molecule has 0 radical (unpaired) electrons. The van der Waals surface area contributed by atoms with Gasteiger partial charge in [-0.05, 0) is 30.3 Å². The number of carbonyl (C=O) groups excluding carboxylic acids is 1. The van der Waals surface area contributed by atoms with Crippen molar-refractivity contribution in [2.75, 3.05) is 0 Å². The van der Waals surface area contributed by atoms with Crippen LogP contribution in [0.2, 0.25) is 0 Å². The highest BCUT2D eigenvalue weighted by molar-refractivity contribution is 6.10. The van der Waals surface area contributed by atoms with E-state index in [4.69, 9.17) is 0 Å². The molecule has 0 atom stereocenters. The van der Waals surface area contributed by atoms with Gasteiger partial charge in [0.1, 0.15) is 5.52 Å². The van der Waals surface area contributed by atoms with Crippen LogP contribution >= 0.6 is 0 Å². The first kappa shape index (κ1) is 13.4. The van der Waals surface area contributed by atoms with Gasteiger partial charge in [0.15, 0.2) is 5.78 Å². The van der Waals surface area contributed by atoms with Crippen LogP contribution in [-0.2, 0) is 0 Å². The zero-order valence-corrected chi connectivity index (χ0v) is 12.3. The Kier molecular flexibility index (Phi) is 3.20. The number of nitrogens with zero attached hydrogens (tertiary/aromatic N) is 3. The second-order valence-electron chi connectivity index (χ2n) is 5.24. The molecule has 23 heavy (non-hydrogen) atoms. The van der Waals surface area contributed by atoms with Crippen molar-refractivity contribution in [3.63, 3.8) is 0 Å². The molecule has 1 heterocycles. The minimum Gasteiger partial charge on any atom is -0.289 e. The monoisotopic (exact) mass is 299 g/mol. The highest BCUT2D eigenvalue weighted by atomic mass is 16.1. The fourth-order valence-electron chi connectivity index (χ4n) is 2.58. The fraction of sp³-hybridized carbons (Fsp3) is 0. The quantitative estimate of drug-likeness (QED) is 0.542. The number of benzene rings is 3. The summed E-state index contributed by atoms with van der Waals surface area (Å²) in [6, 6.07) is 24.5. The van der Waals surface area contributed by atoms with Crippen LogP contribution in [0.1, 0.15) is 15.9 Å². The van der Waals surface area contributed by atoms with Gasteiger partial charge in [-0.2, -0.15) is 0 Å². The van der Waals surface area contributed by atoms with E-state index in [0.29, 0.717) is 16.6 Å². The van der Waals surface area contributed by atoms with E-state index in [0.717, 1.165) is 11.2 Å². The lowest BCUT2D eigenvalue weighted by Crippen LogP contribution is -2.01. The molecule has 4 heteroatoms. The third kappa shape index (κ3) is 2.40. The maximum absolute atomic E-state index is 12.5. The van der Waals surface area contributed by atoms with Crippen molar-refractivity contribution in [1.82, 2.24) is 15.0 Å². The van der Waals surface area contributed by atoms with Gasteiger partial charge in [-0.3, -0.25) is 4.79 Å². The van der Waals surface area contributed by atoms with Gasteiger partial charge in [0.05, 0.1) is 11.2 Å². The van der Waals surface area contributed by atoms with Gasteiger partial charge in [-0.1, -0.05) is 53.7 Å². The Labute approximate surface area is 133 Å². The molecule has 4 nitrogen and oxygen atoms in total. The maximum atomic E-state index is 12.5. The summed E-state index contributed by atoms with van der Waals surface area (Å²) < 4.78 is 1.77. The standard InChI is InChI=1S/C19H13N3O/c23-19(14-7-3-1-4-8-14)15-11-12-18-17(13-15)20-21-22(18)16-9-5-2-6-10-16/h1-13H. The predicted molar refractivity (Wildman–Crippen MR) is 88.7 cm³/mol. The van der Waals surface area contributed by atoms with Crippen molar-refractivity contribution in [3.05, 3.63) is 90.0 Å². The number of para-hydroxylation sites is 1. The number of hydrogen-bond donors (Lipinski definition) is 0. The smallest absolute Gasteiger partial charge is 0.193 e. The minimum atomic E-state index is -0.0123. The lowest BCUT2D eigenvalue weighted by molar-refractivity contribution is 0.103. The minimum absolute atomic E-state index is 0.0123. The molecule has 0 saturated heterocycles. The summed E-state index contributed by atoms with van der Waals surface area (Å²) in [5.41, 5.74) is 3.81. The molecule has 0 bridgehead atoms. The Hall–Kier alpha value is -3.27. The summed E-state index contributed by atoms with van der Waals surface area (Å²) in [5.74, 6) is -0.0123. The van der Waals surface area contributed by atoms with Crippen LogP contribution < -0.4 is 0 Å². The Morgan fingerprint density at radius 1 is 0.783 bits per heavy atom. The maximum Gasteiger partial charge on any atom is 0.193 e. The van der Waals surface area contributed by atoms with E-state index in [1.54, 1.807) is 10.7 Å². The topological polar surface area (TPSA) is 47.8 Å². The number of rotatable bonds is 3. The highest BCUT2D eigenvalue weighted by Gasteiger charge is 2.12. The van der Waals surface area contributed by atoms with Crippen molar-refractivity contribution < 1.29 is 4.79 Å².